The molecule has 0 aromatic heterocycles. The van der Waals surface area contributed by atoms with Crippen LogP contribution < -0.4 is 10.3 Å². The molecule has 0 saturated carbocycles. The highest BCUT2D eigenvalue weighted by Gasteiger charge is 2.56. The molecule has 4 amide bonds. The van der Waals surface area contributed by atoms with Crippen molar-refractivity contribution in [3.8, 4) is 0 Å². The van der Waals surface area contributed by atoms with E-state index in [4.69, 9.17) is 0 Å². The summed E-state index contributed by atoms with van der Waals surface area (Å²) in [4.78, 5) is 44.1. The summed E-state index contributed by atoms with van der Waals surface area (Å²) < 4.78 is 0. The molecule has 156 valence electrons. The number of para-hydroxylation sites is 1. The molecular weight excluding hydrogens is 390 g/mol. The Balaban J connectivity index is 1.53. The van der Waals surface area contributed by atoms with Crippen LogP contribution in [0.1, 0.15) is 20.3 Å². The summed E-state index contributed by atoms with van der Waals surface area (Å²) in [6, 6.07) is 8.98. The molecule has 3 fully saturated rings. The monoisotopic (exact) mass is 417 g/mol. The highest BCUT2D eigenvalue weighted by Crippen LogP contribution is 2.39. The van der Waals surface area contributed by atoms with E-state index in [1.165, 1.54) is 9.91 Å². The van der Waals surface area contributed by atoms with Crippen molar-refractivity contribution in [3.63, 3.8) is 0 Å². The van der Waals surface area contributed by atoms with Crippen molar-refractivity contribution in [2.24, 2.45) is 5.92 Å². The zero-order valence-electron chi connectivity index (χ0n) is 16.9. The quantitative estimate of drug-likeness (QED) is 0.787. The molecule has 4 rings (SSSR count). The molecule has 3 heterocycles. The number of hydrogen-bond acceptors (Lipinski definition) is 5. The van der Waals surface area contributed by atoms with Crippen LogP contribution in [0.3, 0.4) is 0 Å². The van der Waals surface area contributed by atoms with Gasteiger partial charge in [-0.15, -0.1) is 11.8 Å². The zero-order valence-corrected chi connectivity index (χ0v) is 17.8. The van der Waals surface area contributed by atoms with Crippen molar-refractivity contribution in [2.45, 2.75) is 37.8 Å². The SMILES string of the molecule is CC(C)CN1C(=O)C2SCCC2N2C(=O)N(CC(=O)N(C)c3ccccc3)NC12. The first-order valence-corrected chi connectivity index (χ1v) is 11.0. The summed E-state index contributed by atoms with van der Waals surface area (Å²) in [5.74, 6) is 1.03. The van der Waals surface area contributed by atoms with Crippen molar-refractivity contribution >= 4 is 35.3 Å². The number of hydrazine groups is 1. The molecule has 3 aliphatic rings. The molecule has 9 heteroatoms. The highest BCUT2D eigenvalue weighted by molar-refractivity contribution is 8.00. The van der Waals surface area contributed by atoms with Gasteiger partial charge in [-0.05, 0) is 30.2 Å². The van der Waals surface area contributed by atoms with Gasteiger partial charge in [0.05, 0.1) is 6.04 Å². The number of anilines is 1. The lowest BCUT2D eigenvalue weighted by molar-refractivity contribution is -0.145. The fourth-order valence-electron chi connectivity index (χ4n) is 4.16. The van der Waals surface area contributed by atoms with E-state index in [-0.39, 0.29) is 41.6 Å². The molecule has 0 aliphatic carbocycles. The largest absolute Gasteiger partial charge is 0.337 e. The third-order valence-electron chi connectivity index (χ3n) is 5.60. The molecule has 3 aliphatic heterocycles. The van der Waals surface area contributed by atoms with Crippen LogP contribution in [0.25, 0.3) is 0 Å². The molecule has 3 atom stereocenters. The van der Waals surface area contributed by atoms with Crippen LogP contribution in [0.15, 0.2) is 30.3 Å². The first kappa shape index (κ1) is 20.0. The highest BCUT2D eigenvalue weighted by atomic mass is 32.2. The number of thioether (sulfide) groups is 1. The Morgan fingerprint density at radius 2 is 2.00 bits per heavy atom. The van der Waals surface area contributed by atoms with Gasteiger partial charge in [0, 0.05) is 19.3 Å². The fraction of sp³-hybridized carbons (Fsp3) is 0.550. The molecule has 3 unspecified atom stereocenters. The van der Waals surface area contributed by atoms with Crippen molar-refractivity contribution in [2.75, 3.05) is 30.8 Å². The lowest BCUT2D eigenvalue weighted by atomic mass is 10.0. The number of fused-ring (bicyclic) bond motifs is 3. The maximum Gasteiger partial charge on any atom is 0.337 e. The van der Waals surface area contributed by atoms with Crippen LogP contribution in [-0.4, -0.2) is 76.1 Å². The Labute approximate surface area is 175 Å². The third kappa shape index (κ3) is 3.57. The molecule has 1 N–H and O–H groups in total. The van der Waals surface area contributed by atoms with Gasteiger partial charge < -0.3 is 9.80 Å². The number of rotatable bonds is 5. The lowest BCUT2D eigenvalue weighted by Gasteiger charge is -2.44. The van der Waals surface area contributed by atoms with Gasteiger partial charge in [-0.2, -0.15) is 5.43 Å². The molecule has 3 saturated heterocycles. The topological polar surface area (TPSA) is 76.2 Å². The minimum absolute atomic E-state index is 0.0855. The molecule has 0 bridgehead atoms. The molecule has 1 aromatic rings. The van der Waals surface area contributed by atoms with Gasteiger partial charge in [0.2, 0.25) is 11.8 Å². The van der Waals surface area contributed by atoms with Gasteiger partial charge in [0.15, 0.2) is 6.29 Å². The molecule has 0 radical (unpaired) electrons. The van der Waals surface area contributed by atoms with Gasteiger partial charge in [0.1, 0.15) is 11.8 Å². The van der Waals surface area contributed by atoms with Crippen molar-refractivity contribution < 1.29 is 14.4 Å². The van der Waals surface area contributed by atoms with Crippen molar-refractivity contribution in [3.05, 3.63) is 30.3 Å². The minimum Gasteiger partial charge on any atom is -0.314 e. The second-order valence-electron chi connectivity index (χ2n) is 8.10. The van der Waals surface area contributed by atoms with Gasteiger partial charge in [0.25, 0.3) is 0 Å². The predicted octanol–water partition coefficient (Wildman–Crippen LogP) is 1.55. The van der Waals surface area contributed by atoms with Gasteiger partial charge in [-0.3, -0.25) is 14.5 Å². The van der Waals surface area contributed by atoms with E-state index in [9.17, 15) is 14.4 Å². The van der Waals surface area contributed by atoms with E-state index in [0.29, 0.717) is 6.54 Å². The number of nitrogens with zero attached hydrogens (tertiary/aromatic N) is 4. The van der Waals surface area contributed by atoms with E-state index in [0.717, 1.165) is 17.9 Å². The normalized spacial score (nSPS) is 26.2. The average molecular weight is 418 g/mol. The second kappa shape index (κ2) is 7.87. The van der Waals surface area contributed by atoms with Crippen molar-refractivity contribution in [1.82, 2.24) is 20.2 Å². The number of urea groups is 1. The first-order valence-electron chi connectivity index (χ1n) is 9.98. The Bertz CT molecular complexity index is 805. The summed E-state index contributed by atoms with van der Waals surface area (Å²) in [6.07, 6.45) is 0.277. The Hall–Kier alpha value is -2.26. The molecular formula is C20H27N5O3S. The van der Waals surface area contributed by atoms with Crippen LogP contribution in [0.2, 0.25) is 0 Å². The number of likely N-dealkylation sites (N-methyl/N-ethyl adjacent to an activating group) is 1. The summed E-state index contributed by atoms with van der Waals surface area (Å²) in [6.45, 7) is 4.58. The van der Waals surface area contributed by atoms with Crippen LogP contribution in [0, 0.1) is 5.92 Å². The summed E-state index contributed by atoms with van der Waals surface area (Å²) in [7, 11) is 1.70. The number of nitrogens with one attached hydrogen (secondary N) is 1. The van der Waals surface area contributed by atoms with E-state index >= 15 is 0 Å². The molecule has 1 aromatic carbocycles. The first-order chi connectivity index (χ1) is 13.9. The molecule has 8 nitrogen and oxygen atoms in total. The van der Waals surface area contributed by atoms with Crippen LogP contribution >= 0.6 is 11.8 Å². The minimum atomic E-state index is -0.521. The van der Waals surface area contributed by atoms with E-state index in [1.54, 1.807) is 28.6 Å². The van der Waals surface area contributed by atoms with Crippen LogP contribution in [0.5, 0.6) is 0 Å². The van der Waals surface area contributed by atoms with Gasteiger partial charge in [-0.25, -0.2) is 9.80 Å². The Morgan fingerprint density at radius 3 is 2.69 bits per heavy atom. The Morgan fingerprint density at radius 1 is 1.28 bits per heavy atom. The number of amides is 4. The lowest BCUT2D eigenvalue weighted by Crippen LogP contribution is -2.66. The maximum absolute atomic E-state index is 13.2. The van der Waals surface area contributed by atoms with E-state index in [1.807, 2.05) is 30.3 Å². The average Bonchev–Trinajstić information content (AvgIpc) is 3.30. The Kier molecular flexibility index (Phi) is 5.44. The van der Waals surface area contributed by atoms with Gasteiger partial charge in [-0.1, -0.05) is 32.0 Å². The van der Waals surface area contributed by atoms with E-state index < -0.39 is 6.29 Å². The summed E-state index contributed by atoms with van der Waals surface area (Å²) in [5.41, 5.74) is 3.91. The predicted molar refractivity (Wildman–Crippen MR) is 112 cm³/mol. The fourth-order valence-corrected chi connectivity index (χ4v) is 5.56. The van der Waals surface area contributed by atoms with Crippen LogP contribution in [-0.2, 0) is 9.59 Å². The smallest absolute Gasteiger partial charge is 0.314 e. The van der Waals surface area contributed by atoms with E-state index in [2.05, 4.69) is 19.3 Å². The second-order valence-corrected chi connectivity index (χ2v) is 9.35. The van der Waals surface area contributed by atoms with Crippen LogP contribution in [0.4, 0.5) is 10.5 Å². The number of carbonyl (C=O) groups is 3. The standard InChI is InChI=1S/C20H27N5O3S/c1-13(2)11-23-18(27)17-15(9-10-29-17)25-19(23)21-24(20(25)28)12-16(26)22(3)14-7-5-4-6-8-14/h4-8,13,15,17,19,21H,9-12H2,1-3H3. The van der Waals surface area contributed by atoms with Gasteiger partial charge >= 0.3 is 6.03 Å². The summed E-state index contributed by atoms with van der Waals surface area (Å²) in [5, 5.41) is 1.15. The third-order valence-corrected chi connectivity index (χ3v) is 6.95. The van der Waals surface area contributed by atoms with Crippen molar-refractivity contribution in [1.29, 1.82) is 0 Å². The molecule has 29 heavy (non-hydrogen) atoms. The number of hydrogen-bond donors (Lipinski definition) is 1. The number of carbonyl (C=O) groups excluding carboxylic acids is 3. The molecule has 0 spiro atoms. The number of benzene rings is 1. The zero-order chi connectivity index (χ0) is 20.7. The maximum atomic E-state index is 13.2. The summed E-state index contributed by atoms with van der Waals surface area (Å²) >= 11 is 1.63.